The van der Waals surface area contributed by atoms with E-state index in [0.717, 1.165) is 42.4 Å². The molecule has 0 amide bonds. The second kappa shape index (κ2) is 9.89. The van der Waals surface area contributed by atoms with Gasteiger partial charge in [-0.2, -0.15) is 0 Å². The fourth-order valence-corrected chi connectivity index (χ4v) is 3.44. The van der Waals surface area contributed by atoms with Crippen LogP contribution in [-0.4, -0.2) is 42.4 Å². The van der Waals surface area contributed by atoms with Crippen LogP contribution in [-0.2, 0) is 25.5 Å². The van der Waals surface area contributed by atoms with Crippen LogP contribution < -0.4 is 0 Å². The van der Waals surface area contributed by atoms with Crippen molar-refractivity contribution in [1.29, 1.82) is 0 Å². The van der Waals surface area contributed by atoms with Gasteiger partial charge >= 0.3 is 5.97 Å². The van der Waals surface area contributed by atoms with Gasteiger partial charge < -0.3 is 23.8 Å². The maximum absolute atomic E-state index is 11.2. The molecule has 7 nitrogen and oxygen atoms in total. The average Bonchev–Trinajstić information content (AvgIpc) is 3.11. The fourth-order valence-electron chi connectivity index (χ4n) is 3.44. The number of unbranched alkanes of at least 4 members (excludes halogenated alkanes) is 2. The number of hydrogen-bond acceptors (Lipinski definition) is 6. The highest BCUT2D eigenvalue weighted by atomic mass is 16.7. The first-order valence-electron chi connectivity index (χ1n) is 10.1. The van der Waals surface area contributed by atoms with E-state index in [9.17, 15) is 4.79 Å². The number of furan rings is 1. The Balaban J connectivity index is 1.25. The second-order valence-corrected chi connectivity index (χ2v) is 7.57. The molecule has 0 aliphatic carbocycles. The Morgan fingerprint density at radius 2 is 2.17 bits per heavy atom. The van der Waals surface area contributed by atoms with Crippen LogP contribution >= 0.6 is 0 Å². The maximum atomic E-state index is 11.2. The minimum atomic E-state index is -1.52. The maximum Gasteiger partial charge on any atom is 0.364 e. The van der Waals surface area contributed by atoms with Gasteiger partial charge in [-0.3, -0.25) is 0 Å². The third-order valence-electron chi connectivity index (χ3n) is 5.26. The van der Waals surface area contributed by atoms with E-state index >= 15 is 0 Å². The Morgan fingerprint density at radius 1 is 1.34 bits per heavy atom. The largest absolute Gasteiger partial charge is 0.477 e. The van der Waals surface area contributed by atoms with E-state index in [1.54, 1.807) is 6.21 Å². The Kier molecular flexibility index (Phi) is 7.28. The highest BCUT2D eigenvalue weighted by Gasteiger charge is 2.43. The lowest BCUT2D eigenvalue weighted by Gasteiger charge is -2.39. The van der Waals surface area contributed by atoms with Crippen molar-refractivity contribution < 1.29 is 28.6 Å². The van der Waals surface area contributed by atoms with Gasteiger partial charge in [0.25, 0.3) is 5.79 Å². The van der Waals surface area contributed by atoms with Gasteiger partial charge in [0.2, 0.25) is 0 Å². The standard InChI is InChI=1S/C22H29NO6/c1-16-18(15-26-22(2,29-16)21(24)25)9-4-3-7-13-27-23-12-11-19-14-17-8-5-6-10-20(17)28-19/h5-6,8,10,12,14,16,18H,3-4,7,9,11,13,15H2,1-2H3,(H,24,25). The summed E-state index contributed by atoms with van der Waals surface area (Å²) in [4.78, 5) is 16.5. The monoisotopic (exact) mass is 403 g/mol. The summed E-state index contributed by atoms with van der Waals surface area (Å²) in [5.41, 5.74) is 0.882. The molecule has 2 heterocycles. The zero-order chi connectivity index (χ0) is 20.7. The van der Waals surface area contributed by atoms with Crippen LogP contribution in [0, 0.1) is 5.92 Å². The van der Waals surface area contributed by atoms with Crippen molar-refractivity contribution in [2.45, 2.75) is 57.8 Å². The first-order valence-corrected chi connectivity index (χ1v) is 10.1. The highest BCUT2D eigenvalue weighted by Crippen LogP contribution is 2.29. The summed E-state index contributed by atoms with van der Waals surface area (Å²) >= 11 is 0. The lowest BCUT2D eigenvalue weighted by molar-refractivity contribution is -0.292. The highest BCUT2D eigenvalue weighted by molar-refractivity contribution is 5.78. The molecular weight excluding hydrogens is 374 g/mol. The predicted molar refractivity (Wildman–Crippen MR) is 109 cm³/mol. The van der Waals surface area contributed by atoms with Crippen LogP contribution in [0.15, 0.2) is 39.9 Å². The number of nitrogens with zero attached hydrogens (tertiary/aromatic N) is 1. The number of oxime groups is 1. The van der Waals surface area contributed by atoms with Gasteiger partial charge in [0.1, 0.15) is 18.0 Å². The van der Waals surface area contributed by atoms with Crippen LogP contribution in [0.1, 0.15) is 45.3 Å². The lowest BCUT2D eigenvalue weighted by Crippen LogP contribution is -2.51. The number of carboxylic acid groups (broad SMARTS) is 1. The zero-order valence-corrected chi connectivity index (χ0v) is 17.0. The summed E-state index contributed by atoms with van der Waals surface area (Å²) in [7, 11) is 0. The minimum absolute atomic E-state index is 0.135. The Hall–Kier alpha value is -2.38. The average molecular weight is 403 g/mol. The number of ether oxygens (including phenoxy) is 2. The van der Waals surface area contributed by atoms with E-state index in [1.165, 1.54) is 6.92 Å². The molecule has 29 heavy (non-hydrogen) atoms. The molecule has 158 valence electrons. The summed E-state index contributed by atoms with van der Waals surface area (Å²) < 4.78 is 16.7. The number of para-hydroxylation sites is 1. The van der Waals surface area contributed by atoms with Crippen molar-refractivity contribution >= 4 is 23.2 Å². The van der Waals surface area contributed by atoms with Gasteiger partial charge in [-0.05, 0) is 38.3 Å². The Labute approximate surface area is 170 Å². The third-order valence-corrected chi connectivity index (χ3v) is 5.26. The molecule has 3 unspecified atom stereocenters. The van der Waals surface area contributed by atoms with Crippen LogP contribution in [0.4, 0.5) is 0 Å². The molecule has 1 aliphatic heterocycles. The molecule has 0 saturated carbocycles. The SMILES string of the molecule is CC1OC(C)(C(=O)O)OCC1CCCCCON=CCc1cc2ccccc2o1. The normalized spacial score (nSPS) is 24.9. The van der Waals surface area contributed by atoms with Crippen LogP contribution in [0.5, 0.6) is 0 Å². The second-order valence-electron chi connectivity index (χ2n) is 7.57. The van der Waals surface area contributed by atoms with Crippen LogP contribution in [0.2, 0.25) is 0 Å². The van der Waals surface area contributed by atoms with Crippen molar-refractivity contribution in [2.75, 3.05) is 13.2 Å². The number of rotatable bonds is 10. The summed E-state index contributed by atoms with van der Waals surface area (Å²) in [6.07, 6.45) is 6.06. The fraction of sp³-hybridized carbons (Fsp3) is 0.545. The topological polar surface area (TPSA) is 90.5 Å². The van der Waals surface area contributed by atoms with Crippen LogP contribution in [0.3, 0.4) is 0 Å². The number of benzene rings is 1. The molecule has 1 aromatic heterocycles. The lowest BCUT2D eigenvalue weighted by atomic mass is 9.95. The molecule has 0 spiro atoms. The van der Waals surface area contributed by atoms with Gasteiger partial charge in [0, 0.05) is 24.6 Å². The molecule has 2 aromatic rings. The van der Waals surface area contributed by atoms with Crippen molar-refractivity contribution in [3.05, 3.63) is 36.1 Å². The summed E-state index contributed by atoms with van der Waals surface area (Å²) in [6.45, 7) is 4.34. The van der Waals surface area contributed by atoms with Gasteiger partial charge in [-0.25, -0.2) is 4.79 Å². The molecule has 0 radical (unpaired) electrons. The Bertz CT molecular complexity index is 799. The quantitative estimate of drug-likeness (QED) is 0.359. The van der Waals surface area contributed by atoms with E-state index in [0.29, 0.717) is 19.6 Å². The molecule has 0 bridgehead atoms. The predicted octanol–water partition coefficient (Wildman–Crippen LogP) is 4.39. The smallest absolute Gasteiger partial charge is 0.364 e. The van der Waals surface area contributed by atoms with E-state index in [1.807, 2.05) is 37.3 Å². The molecule has 3 atom stereocenters. The van der Waals surface area contributed by atoms with Crippen molar-refractivity contribution in [2.24, 2.45) is 11.1 Å². The van der Waals surface area contributed by atoms with Crippen molar-refractivity contribution in [3.8, 4) is 0 Å². The van der Waals surface area contributed by atoms with Crippen LogP contribution in [0.25, 0.3) is 11.0 Å². The molecule has 1 N–H and O–H groups in total. The van der Waals surface area contributed by atoms with E-state index in [2.05, 4.69) is 5.16 Å². The summed E-state index contributed by atoms with van der Waals surface area (Å²) in [5.74, 6) is -1.53. The zero-order valence-electron chi connectivity index (χ0n) is 17.0. The van der Waals surface area contributed by atoms with E-state index in [-0.39, 0.29) is 12.0 Å². The van der Waals surface area contributed by atoms with Crippen molar-refractivity contribution in [1.82, 2.24) is 0 Å². The molecule has 1 saturated heterocycles. The Morgan fingerprint density at radius 3 is 2.93 bits per heavy atom. The third kappa shape index (κ3) is 5.81. The molecule has 1 aliphatic rings. The van der Waals surface area contributed by atoms with Crippen molar-refractivity contribution in [3.63, 3.8) is 0 Å². The van der Waals surface area contributed by atoms with Gasteiger partial charge in [-0.15, -0.1) is 0 Å². The first-order chi connectivity index (χ1) is 14.0. The summed E-state index contributed by atoms with van der Waals surface area (Å²) in [5, 5.41) is 14.2. The number of carboxylic acids is 1. The number of hydrogen-bond donors (Lipinski definition) is 1. The number of carbonyl (C=O) groups is 1. The van der Waals surface area contributed by atoms with Gasteiger partial charge in [0.05, 0.1) is 18.9 Å². The molecule has 3 rings (SSSR count). The van der Waals surface area contributed by atoms with E-state index in [4.69, 9.17) is 23.8 Å². The first kappa shape index (κ1) is 21.3. The van der Waals surface area contributed by atoms with E-state index < -0.39 is 11.8 Å². The summed E-state index contributed by atoms with van der Waals surface area (Å²) in [6, 6.07) is 9.92. The van der Waals surface area contributed by atoms with Gasteiger partial charge in [-0.1, -0.05) is 29.8 Å². The minimum Gasteiger partial charge on any atom is -0.477 e. The number of aliphatic carboxylic acids is 1. The molecule has 1 aromatic carbocycles. The number of fused-ring (bicyclic) bond motifs is 1. The van der Waals surface area contributed by atoms with Gasteiger partial charge in [0.15, 0.2) is 0 Å². The molecule has 7 heteroatoms. The molecule has 1 fully saturated rings. The molecular formula is C22H29NO6.